The Bertz CT molecular complexity index is 113. The minimum Gasteiger partial charge on any atom is -0.395 e. The van der Waals surface area contributed by atoms with Crippen molar-refractivity contribution in [2.24, 2.45) is 0 Å². The highest BCUT2D eigenvalue weighted by molar-refractivity contribution is 7.52. The van der Waals surface area contributed by atoms with Crippen LogP contribution in [-0.2, 0) is 4.57 Å². The second-order valence-electron chi connectivity index (χ2n) is 1.61. The van der Waals surface area contributed by atoms with Crippen LogP contribution in [0.2, 0.25) is 0 Å². The molecule has 0 fully saturated rings. The van der Waals surface area contributed by atoms with Gasteiger partial charge in [0.15, 0.2) is 0 Å². The van der Waals surface area contributed by atoms with Crippen LogP contribution in [0.4, 0.5) is 0 Å². The minimum atomic E-state index is -4.28. The normalized spacial score (nSPS) is 12.6. The smallest absolute Gasteiger partial charge is 0.333 e. The molecule has 0 saturated heterocycles. The standard InChI is InChI=1S/C3H9O5P/c4-1-3(2-5)9(6,7)8/h3-5H,1-2H2,(H2,6,7,8). The summed E-state index contributed by atoms with van der Waals surface area (Å²) >= 11 is 0. The zero-order valence-corrected chi connectivity index (χ0v) is 5.53. The van der Waals surface area contributed by atoms with Crippen LogP contribution in [0.15, 0.2) is 0 Å². The highest BCUT2D eigenvalue weighted by atomic mass is 31.2. The molecule has 9 heavy (non-hydrogen) atoms. The molecule has 0 aromatic rings. The van der Waals surface area contributed by atoms with Crippen molar-refractivity contribution in [2.45, 2.75) is 5.66 Å². The van der Waals surface area contributed by atoms with Crippen molar-refractivity contribution in [1.29, 1.82) is 0 Å². The largest absolute Gasteiger partial charge is 0.395 e. The molecule has 0 amide bonds. The van der Waals surface area contributed by atoms with E-state index in [1.165, 1.54) is 0 Å². The van der Waals surface area contributed by atoms with Gasteiger partial charge in [-0.2, -0.15) is 0 Å². The molecular formula is C3H9O5P. The molecule has 56 valence electrons. The first kappa shape index (κ1) is 9.07. The van der Waals surface area contributed by atoms with Crippen LogP contribution in [0.3, 0.4) is 0 Å². The molecule has 0 aromatic carbocycles. The van der Waals surface area contributed by atoms with Gasteiger partial charge in [-0.25, -0.2) is 0 Å². The lowest BCUT2D eigenvalue weighted by molar-refractivity contribution is 0.204. The SMILES string of the molecule is O=P(O)(O)C(CO)CO. The van der Waals surface area contributed by atoms with E-state index in [0.717, 1.165) is 0 Å². The Morgan fingerprint density at radius 3 is 1.56 bits per heavy atom. The molecule has 0 aliphatic rings. The van der Waals surface area contributed by atoms with E-state index in [1.54, 1.807) is 0 Å². The average molecular weight is 156 g/mol. The molecule has 4 N–H and O–H groups in total. The number of aliphatic hydroxyl groups is 2. The third-order valence-electron chi connectivity index (χ3n) is 0.897. The van der Waals surface area contributed by atoms with Gasteiger partial charge in [0.2, 0.25) is 0 Å². The lowest BCUT2D eigenvalue weighted by atomic mass is 10.5. The molecular weight excluding hydrogens is 147 g/mol. The van der Waals surface area contributed by atoms with E-state index >= 15 is 0 Å². The Morgan fingerprint density at radius 2 is 1.56 bits per heavy atom. The van der Waals surface area contributed by atoms with Crippen molar-refractivity contribution in [3.63, 3.8) is 0 Å². The fraction of sp³-hybridized carbons (Fsp3) is 1.00. The first-order valence-corrected chi connectivity index (χ1v) is 3.97. The molecule has 0 aliphatic carbocycles. The summed E-state index contributed by atoms with van der Waals surface area (Å²) in [5.74, 6) is 0. The van der Waals surface area contributed by atoms with Gasteiger partial charge in [-0.15, -0.1) is 0 Å². The third kappa shape index (κ3) is 2.93. The lowest BCUT2D eigenvalue weighted by Gasteiger charge is -2.11. The van der Waals surface area contributed by atoms with Crippen LogP contribution in [0.1, 0.15) is 0 Å². The summed E-state index contributed by atoms with van der Waals surface area (Å²) in [6, 6.07) is 0. The van der Waals surface area contributed by atoms with E-state index in [2.05, 4.69) is 0 Å². The van der Waals surface area contributed by atoms with Crippen LogP contribution >= 0.6 is 7.60 Å². The van der Waals surface area contributed by atoms with E-state index in [-0.39, 0.29) is 0 Å². The van der Waals surface area contributed by atoms with Gasteiger partial charge in [0.1, 0.15) is 5.66 Å². The number of hydrogen-bond donors (Lipinski definition) is 4. The van der Waals surface area contributed by atoms with Crippen molar-refractivity contribution < 1.29 is 24.6 Å². The first-order valence-electron chi connectivity index (χ1n) is 2.29. The predicted molar refractivity (Wildman–Crippen MR) is 30.0 cm³/mol. The molecule has 0 rings (SSSR count). The van der Waals surface area contributed by atoms with Crippen LogP contribution in [0, 0.1) is 0 Å². The van der Waals surface area contributed by atoms with Crippen LogP contribution < -0.4 is 0 Å². The van der Waals surface area contributed by atoms with Gasteiger partial charge in [0.05, 0.1) is 13.2 Å². The number of aliphatic hydroxyl groups excluding tert-OH is 2. The van der Waals surface area contributed by atoms with Crippen molar-refractivity contribution in [2.75, 3.05) is 13.2 Å². The first-order chi connectivity index (χ1) is 4.02. The fourth-order valence-electron chi connectivity index (χ4n) is 0.270. The summed E-state index contributed by atoms with van der Waals surface area (Å²) in [7, 11) is -4.28. The van der Waals surface area contributed by atoms with Gasteiger partial charge in [-0.3, -0.25) is 4.57 Å². The van der Waals surface area contributed by atoms with Gasteiger partial charge in [0.25, 0.3) is 0 Å². The molecule has 0 saturated carbocycles. The molecule has 0 aromatic heterocycles. The molecule has 6 heteroatoms. The summed E-state index contributed by atoms with van der Waals surface area (Å²) in [4.78, 5) is 16.5. The molecule has 0 atom stereocenters. The van der Waals surface area contributed by atoms with Crippen LogP contribution in [0.5, 0.6) is 0 Å². The highest BCUT2D eigenvalue weighted by Crippen LogP contribution is 2.40. The maximum atomic E-state index is 10.2. The van der Waals surface area contributed by atoms with Crippen molar-refractivity contribution >= 4 is 7.60 Å². The van der Waals surface area contributed by atoms with Gasteiger partial charge < -0.3 is 20.0 Å². The van der Waals surface area contributed by atoms with Gasteiger partial charge in [-0.1, -0.05) is 0 Å². The van der Waals surface area contributed by atoms with Crippen LogP contribution in [0.25, 0.3) is 0 Å². The minimum absolute atomic E-state index is 0.694. The molecule has 0 aliphatic heterocycles. The summed E-state index contributed by atoms with van der Waals surface area (Å²) in [6.07, 6.45) is 0. The quantitative estimate of drug-likeness (QED) is 0.373. The van der Waals surface area contributed by atoms with Gasteiger partial charge in [0, 0.05) is 0 Å². The number of rotatable bonds is 3. The summed E-state index contributed by atoms with van der Waals surface area (Å²) < 4.78 is 10.2. The summed E-state index contributed by atoms with van der Waals surface area (Å²) in [5.41, 5.74) is -1.32. The van der Waals surface area contributed by atoms with E-state index < -0.39 is 26.5 Å². The fourth-order valence-corrected chi connectivity index (χ4v) is 0.696. The maximum Gasteiger partial charge on any atom is 0.333 e. The Balaban J connectivity index is 3.96. The summed E-state index contributed by atoms with van der Waals surface area (Å²) in [6.45, 7) is -1.39. The molecule has 0 unspecified atom stereocenters. The third-order valence-corrected chi connectivity index (χ3v) is 2.18. The zero-order chi connectivity index (χ0) is 7.49. The second-order valence-corrected chi connectivity index (χ2v) is 3.52. The molecule has 0 spiro atoms. The topological polar surface area (TPSA) is 98.0 Å². The number of hydrogen-bond acceptors (Lipinski definition) is 3. The lowest BCUT2D eigenvalue weighted by Crippen LogP contribution is -2.17. The molecule has 0 bridgehead atoms. The Morgan fingerprint density at radius 1 is 1.22 bits per heavy atom. The van der Waals surface area contributed by atoms with Gasteiger partial charge >= 0.3 is 7.60 Å². The molecule has 0 radical (unpaired) electrons. The highest BCUT2D eigenvalue weighted by Gasteiger charge is 2.26. The van der Waals surface area contributed by atoms with Gasteiger partial charge in [-0.05, 0) is 0 Å². The van der Waals surface area contributed by atoms with Crippen LogP contribution in [-0.4, -0.2) is 38.9 Å². The maximum absolute atomic E-state index is 10.2. The van der Waals surface area contributed by atoms with Crippen molar-refractivity contribution in [3.05, 3.63) is 0 Å². The van der Waals surface area contributed by atoms with E-state index in [0.29, 0.717) is 0 Å². The van der Waals surface area contributed by atoms with E-state index in [9.17, 15) is 4.57 Å². The average Bonchev–Trinajstić information content (AvgIpc) is 1.65. The Hall–Kier alpha value is 0.0700. The summed E-state index contributed by atoms with van der Waals surface area (Å²) in [5, 5.41) is 16.4. The molecule has 0 heterocycles. The second kappa shape index (κ2) is 3.29. The predicted octanol–water partition coefficient (Wildman–Crippen LogP) is -1.48. The van der Waals surface area contributed by atoms with Crippen molar-refractivity contribution in [1.82, 2.24) is 0 Å². The molecule has 5 nitrogen and oxygen atoms in total. The Kier molecular flexibility index (Phi) is 3.32. The Labute approximate surface area is 52.1 Å². The monoisotopic (exact) mass is 156 g/mol. The van der Waals surface area contributed by atoms with Crippen molar-refractivity contribution in [3.8, 4) is 0 Å². The zero-order valence-electron chi connectivity index (χ0n) is 4.64. The van der Waals surface area contributed by atoms with E-state index in [4.69, 9.17) is 20.0 Å². The van der Waals surface area contributed by atoms with E-state index in [1.807, 2.05) is 0 Å².